The van der Waals surface area contributed by atoms with E-state index in [0.29, 0.717) is 12.6 Å². The quantitative estimate of drug-likeness (QED) is 0.627. The van der Waals surface area contributed by atoms with Gasteiger partial charge in [-0.1, -0.05) is 18.2 Å². The zero-order valence-electron chi connectivity index (χ0n) is 17.1. The van der Waals surface area contributed by atoms with E-state index < -0.39 is 0 Å². The number of likely N-dealkylation sites (N-methyl/N-ethyl adjacent to an activating group) is 1. The topological polar surface area (TPSA) is 39.5 Å². The Balaban J connectivity index is 1.75. The molecule has 0 saturated carbocycles. The summed E-state index contributed by atoms with van der Waals surface area (Å²) in [4.78, 5) is 2.29. The van der Waals surface area contributed by atoms with Crippen molar-refractivity contribution in [1.82, 2.24) is 14.7 Å². The number of hydrogen-bond acceptors (Lipinski definition) is 4. The van der Waals surface area contributed by atoms with Crippen LogP contribution in [0.1, 0.15) is 17.5 Å². The molecule has 1 unspecified atom stereocenters. The van der Waals surface area contributed by atoms with Crippen molar-refractivity contribution in [2.24, 2.45) is 0 Å². The highest BCUT2D eigenvalue weighted by molar-refractivity contribution is 5.64. The number of halogens is 1. The molecule has 0 spiro atoms. The Morgan fingerprint density at radius 1 is 1.28 bits per heavy atom. The standard InChI is InChI=1S/C23H26FN3O2/c1-16-6-4-5-7-21(16)27-14-18(13-26(2)19-10-11-29-15-19)23(25-27)17-8-9-22(28-3)20(24)12-17/h4-9,12,14,19H,10-11,13,15H2,1-3H3. The van der Waals surface area contributed by atoms with Crippen LogP contribution in [0, 0.1) is 12.7 Å². The lowest BCUT2D eigenvalue weighted by atomic mass is 10.1. The highest BCUT2D eigenvalue weighted by Crippen LogP contribution is 2.29. The van der Waals surface area contributed by atoms with Gasteiger partial charge in [0.2, 0.25) is 0 Å². The molecule has 1 aliphatic rings. The lowest BCUT2D eigenvalue weighted by Gasteiger charge is -2.22. The fraction of sp³-hybridized carbons (Fsp3) is 0.348. The number of ether oxygens (including phenoxy) is 2. The van der Waals surface area contributed by atoms with Crippen LogP contribution in [0.3, 0.4) is 0 Å². The fourth-order valence-electron chi connectivity index (χ4n) is 3.79. The Hall–Kier alpha value is -2.70. The molecular weight excluding hydrogens is 369 g/mol. The number of nitrogens with zero attached hydrogens (tertiary/aromatic N) is 3. The second kappa shape index (κ2) is 8.35. The van der Waals surface area contributed by atoms with Crippen molar-refractivity contribution in [3.05, 3.63) is 65.6 Å². The number of aryl methyl sites for hydroxylation is 1. The molecule has 3 aromatic rings. The Morgan fingerprint density at radius 2 is 2.10 bits per heavy atom. The van der Waals surface area contributed by atoms with E-state index in [-0.39, 0.29) is 11.6 Å². The number of benzene rings is 2. The first-order chi connectivity index (χ1) is 14.1. The van der Waals surface area contributed by atoms with Gasteiger partial charge in [0.25, 0.3) is 0 Å². The van der Waals surface area contributed by atoms with Crippen LogP contribution in [-0.4, -0.2) is 48.1 Å². The van der Waals surface area contributed by atoms with Gasteiger partial charge in [-0.2, -0.15) is 5.10 Å². The van der Waals surface area contributed by atoms with Crippen LogP contribution in [-0.2, 0) is 11.3 Å². The van der Waals surface area contributed by atoms with Crippen LogP contribution >= 0.6 is 0 Å². The lowest BCUT2D eigenvalue weighted by Crippen LogP contribution is -2.31. The van der Waals surface area contributed by atoms with Crippen LogP contribution in [0.5, 0.6) is 5.75 Å². The largest absolute Gasteiger partial charge is 0.494 e. The van der Waals surface area contributed by atoms with E-state index >= 15 is 0 Å². The van der Waals surface area contributed by atoms with E-state index in [1.165, 1.54) is 13.2 Å². The molecule has 1 aromatic heterocycles. The average molecular weight is 395 g/mol. The second-order valence-corrected chi connectivity index (χ2v) is 7.52. The normalized spacial score (nSPS) is 16.5. The van der Waals surface area contributed by atoms with Gasteiger partial charge in [0.1, 0.15) is 0 Å². The van der Waals surface area contributed by atoms with Gasteiger partial charge in [0.05, 0.1) is 25.1 Å². The van der Waals surface area contributed by atoms with Gasteiger partial charge in [0, 0.05) is 36.5 Å². The third-order valence-electron chi connectivity index (χ3n) is 5.53. The number of para-hydroxylation sites is 1. The molecule has 4 rings (SSSR count). The molecule has 1 aliphatic heterocycles. The Morgan fingerprint density at radius 3 is 2.79 bits per heavy atom. The summed E-state index contributed by atoms with van der Waals surface area (Å²) in [7, 11) is 3.57. The zero-order chi connectivity index (χ0) is 20.4. The zero-order valence-corrected chi connectivity index (χ0v) is 17.1. The summed E-state index contributed by atoms with van der Waals surface area (Å²) in [6, 6.07) is 13.5. The van der Waals surface area contributed by atoms with Crippen LogP contribution in [0.15, 0.2) is 48.7 Å². The van der Waals surface area contributed by atoms with Crippen molar-refractivity contribution in [3.63, 3.8) is 0 Å². The van der Waals surface area contributed by atoms with Gasteiger partial charge in [-0.3, -0.25) is 4.90 Å². The summed E-state index contributed by atoms with van der Waals surface area (Å²) >= 11 is 0. The summed E-state index contributed by atoms with van der Waals surface area (Å²) in [6.45, 7) is 4.32. The minimum Gasteiger partial charge on any atom is -0.494 e. The van der Waals surface area contributed by atoms with Gasteiger partial charge < -0.3 is 9.47 Å². The van der Waals surface area contributed by atoms with Crippen molar-refractivity contribution in [1.29, 1.82) is 0 Å². The number of rotatable bonds is 6. The summed E-state index contributed by atoms with van der Waals surface area (Å²) < 4.78 is 26.9. The van der Waals surface area contributed by atoms with Crippen molar-refractivity contribution < 1.29 is 13.9 Å². The average Bonchev–Trinajstić information content (AvgIpc) is 3.38. The molecule has 1 atom stereocenters. The molecule has 0 amide bonds. The predicted octanol–water partition coefficient (Wildman–Crippen LogP) is 4.22. The van der Waals surface area contributed by atoms with Crippen molar-refractivity contribution in [2.45, 2.75) is 25.9 Å². The molecule has 152 valence electrons. The SMILES string of the molecule is COc1ccc(-c2nn(-c3ccccc3C)cc2CN(C)C2CCOC2)cc1F. The van der Waals surface area contributed by atoms with Gasteiger partial charge in [-0.05, 0) is 50.2 Å². The summed E-state index contributed by atoms with van der Waals surface area (Å²) in [6.07, 6.45) is 3.07. The van der Waals surface area contributed by atoms with E-state index in [9.17, 15) is 4.39 Å². The Bertz CT molecular complexity index is 996. The molecule has 1 saturated heterocycles. The fourth-order valence-corrected chi connectivity index (χ4v) is 3.79. The Kier molecular flexibility index (Phi) is 5.65. The first-order valence-corrected chi connectivity index (χ1v) is 9.83. The Labute approximate surface area is 170 Å². The smallest absolute Gasteiger partial charge is 0.165 e. The van der Waals surface area contributed by atoms with Crippen LogP contribution in [0.2, 0.25) is 0 Å². The van der Waals surface area contributed by atoms with Crippen LogP contribution in [0.25, 0.3) is 16.9 Å². The molecule has 0 N–H and O–H groups in total. The maximum absolute atomic E-state index is 14.4. The summed E-state index contributed by atoms with van der Waals surface area (Å²) in [5, 5.41) is 4.84. The molecule has 2 heterocycles. The van der Waals surface area contributed by atoms with E-state index in [1.807, 2.05) is 35.1 Å². The second-order valence-electron chi connectivity index (χ2n) is 7.52. The first-order valence-electron chi connectivity index (χ1n) is 9.83. The van der Waals surface area contributed by atoms with Crippen LogP contribution < -0.4 is 4.74 Å². The molecule has 6 heteroatoms. The minimum absolute atomic E-state index is 0.230. The van der Waals surface area contributed by atoms with Gasteiger partial charge in [-0.25, -0.2) is 9.07 Å². The molecule has 0 aliphatic carbocycles. The van der Waals surface area contributed by atoms with Gasteiger partial charge in [-0.15, -0.1) is 0 Å². The molecule has 29 heavy (non-hydrogen) atoms. The van der Waals surface area contributed by atoms with Crippen molar-refractivity contribution in [3.8, 4) is 22.7 Å². The van der Waals surface area contributed by atoms with Crippen molar-refractivity contribution in [2.75, 3.05) is 27.4 Å². The number of hydrogen-bond donors (Lipinski definition) is 0. The van der Waals surface area contributed by atoms with E-state index in [1.54, 1.807) is 6.07 Å². The third kappa shape index (κ3) is 4.04. The predicted molar refractivity (Wildman–Crippen MR) is 111 cm³/mol. The molecule has 0 radical (unpaired) electrons. The summed E-state index contributed by atoms with van der Waals surface area (Å²) in [5.41, 5.74) is 4.71. The van der Waals surface area contributed by atoms with E-state index in [4.69, 9.17) is 14.6 Å². The number of aromatic nitrogens is 2. The lowest BCUT2D eigenvalue weighted by molar-refractivity contribution is 0.156. The highest BCUT2D eigenvalue weighted by Gasteiger charge is 2.23. The monoisotopic (exact) mass is 395 g/mol. The molecule has 1 fully saturated rings. The first kappa shape index (κ1) is 19.6. The maximum Gasteiger partial charge on any atom is 0.165 e. The van der Waals surface area contributed by atoms with E-state index in [2.05, 4.69) is 24.9 Å². The molecular formula is C23H26FN3O2. The number of methoxy groups -OCH3 is 1. The third-order valence-corrected chi connectivity index (χ3v) is 5.53. The molecule has 2 aromatic carbocycles. The van der Waals surface area contributed by atoms with Crippen LogP contribution in [0.4, 0.5) is 4.39 Å². The van der Waals surface area contributed by atoms with Crippen molar-refractivity contribution >= 4 is 0 Å². The van der Waals surface area contributed by atoms with E-state index in [0.717, 1.165) is 47.7 Å². The minimum atomic E-state index is -0.390. The van der Waals surface area contributed by atoms with Gasteiger partial charge in [0.15, 0.2) is 11.6 Å². The maximum atomic E-state index is 14.4. The highest BCUT2D eigenvalue weighted by atomic mass is 19.1. The molecule has 5 nitrogen and oxygen atoms in total. The van der Waals surface area contributed by atoms with Gasteiger partial charge >= 0.3 is 0 Å². The molecule has 0 bridgehead atoms. The summed E-state index contributed by atoms with van der Waals surface area (Å²) in [5.74, 6) is -0.159.